The zero-order chi connectivity index (χ0) is 19.1. The number of sulfone groups is 1. The van der Waals surface area contributed by atoms with Gasteiger partial charge < -0.3 is 5.11 Å². The van der Waals surface area contributed by atoms with Gasteiger partial charge in [0.05, 0.1) is 34.2 Å². The van der Waals surface area contributed by atoms with Crippen LogP contribution in [0.15, 0.2) is 53.4 Å². The molecule has 6 nitrogen and oxygen atoms in total. The van der Waals surface area contributed by atoms with Crippen LogP contribution >= 0.6 is 11.6 Å². The highest BCUT2D eigenvalue weighted by Gasteiger charge is 2.45. The van der Waals surface area contributed by atoms with E-state index in [0.29, 0.717) is 5.02 Å². The lowest BCUT2D eigenvalue weighted by Gasteiger charge is -2.31. The highest BCUT2D eigenvalue weighted by Crippen LogP contribution is 2.32. The van der Waals surface area contributed by atoms with Crippen molar-refractivity contribution in [1.29, 1.82) is 0 Å². The first-order valence-corrected chi connectivity index (χ1v) is 11.5. The second-order valence-corrected chi connectivity index (χ2v) is 10.7. The number of nitrogens with zero attached hydrogens (tertiary/aromatic N) is 1. The molecular formula is C17H18ClNO5S2. The maximum absolute atomic E-state index is 13.3. The van der Waals surface area contributed by atoms with E-state index in [2.05, 4.69) is 0 Å². The topological polar surface area (TPSA) is 91.8 Å². The van der Waals surface area contributed by atoms with Gasteiger partial charge in [-0.05, 0) is 37.3 Å². The van der Waals surface area contributed by atoms with Gasteiger partial charge in [0.15, 0.2) is 9.84 Å². The molecule has 0 radical (unpaired) electrons. The van der Waals surface area contributed by atoms with Gasteiger partial charge in [-0.25, -0.2) is 16.8 Å². The molecule has 2 unspecified atom stereocenters. The molecule has 2 atom stereocenters. The summed E-state index contributed by atoms with van der Waals surface area (Å²) < 4.78 is 51.4. The van der Waals surface area contributed by atoms with Crippen molar-refractivity contribution in [2.45, 2.75) is 24.0 Å². The summed E-state index contributed by atoms with van der Waals surface area (Å²) in [6, 6.07) is 11.2. The van der Waals surface area contributed by atoms with Crippen molar-refractivity contribution in [1.82, 2.24) is 0 Å². The number of aliphatic hydroxyl groups is 1. The van der Waals surface area contributed by atoms with E-state index < -0.39 is 43.5 Å². The molecule has 1 saturated heterocycles. The second kappa shape index (κ2) is 6.84. The third-order valence-electron chi connectivity index (χ3n) is 4.24. The Morgan fingerprint density at radius 1 is 1.12 bits per heavy atom. The van der Waals surface area contributed by atoms with Crippen molar-refractivity contribution in [3.63, 3.8) is 0 Å². The summed E-state index contributed by atoms with van der Waals surface area (Å²) in [6.45, 7) is 1.83. The van der Waals surface area contributed by atoms with Crippen molar-refractivity contribution in [3.8, 4) is 0 Å². The Morgan fingerprint density at radius 3 is 2.31 bits per heavy atom. The number of halogens is 1. The molecule has 1 aliphatic rings. The van der Waals surface area contributed by atoms with Gasteiger partial charge in [0.2, 0.25) is 0 Å². The number of sulfonamides is 1. The first-order valence-electron chi connectivity index (χ1n) is 7.85. The summed E-state index contributed by atoms with van der Waals surface area (Å²) >= 11 is 6.00. The zero-order valence-corrected chi connectivity index (χ0v) is 16.3. The van der Waals surface area contributed by atoms with Crippen LogP contribution in [0.4, 0.5) is 5.69 Å². The molecule has 26 heavy (non-hydrogen) atoms. The van der Waals surface area contributed by atoms with Crippen LogP contribution in [0, 0.1) is 6.92 Å². The summed E-state index contributed by atoms with van der Waals surface area (Å²) in [7, 11) is -7.65. The Hall–Kier alpha value is -1.61. The molecule has 0 aromatic heterocycles. The van der Waals surface area contributed by atoms with Gasteiger partial charge >= 0.3 is 0 Å². The predicted octanol–water partition coefficient (Wildman–Crippen LogP) is 2.00. The van der Waals surface area contributed by atoms with E-state index >= 15 is 0 Å². The van der Waals surface area contributed by atoms with Gasteiger partial charge in [0, 0.05) is 5.02 Å². The van der Waals surface area contributed by atoms with Crippen LogP contribution in [0.5, 0.6) is 0 Å². The van der Waals surface area contributed by atoms with Crippen molar-refractivity contribution >= 4 is 37.1 Å². The smallest absolute Gasteiger partial charge is 0.264 e. The third-order valence-corrected chi connectivity index (χ3v) is 8.04. The van der Waals surface area contributed by atoms with Gasteiger partial charge in [0.25, 0.3) is 10.0 Å². The van der Waals surface area contributed by atoms with Crippen LogP contribution < -0.4 is 4.31 Å². The number of anilines is 1. The average molecular weight is 416 g/mol. The quantitative estimate of drug-likeness (QED) is 0.824. The van der Waals surface area contributed by atoms with Crippen LogP contribution in [0.25, 0.3) is 0 Å². The minimum absolute atomic E-state index is 0.0135. The van der Waals surface area contributed by atoms with E-state index in [-0.39, 0.29) is 10.6 Å². The molecule has 0 bridgehead atoms. The van der Waals surface area contributed by atoms with Gasteiger partial charge in [-0.2, -0.15) is 0 Å². The zero-order valence-electron chi connectivity index (χ0n) is 13.9. The van der Waals surface area contributed by atoms with E-state index in [9.17, 15) is 21.9 Å². The number of aliphatic hydroxyl groups excluding tert-OH is 1. The van der Waals surface area contributed by atoms with E-state index in [1.807, 2.05) is 6.92 Å². The number of rotatable bonds is 4. The largest absolute Gasteiger partial charge is 0.390 e. The standard InChI is InChI=1S/C17H18ClNO5S2/c1-12-5-7-15(8-6-12)26(23,24)19(14-4-2-3-13(18)9-14)16-10-25(21,22)11-17(16)20/h2-9,16-17,20H,10-11H2,1H3. The fourth-order valence-electron chi connectivity index (χ4n) is 2.98. The highest BCUT2D eigenvalue weighted by molar-refractivity contribution is 7.93. The van der Waals surface area contributed by atoms with E-state index in [1.165, 1.54) is 24.3 Å². The second-order valence-electron chi connectivity index (χ2n) is 6.31. The Bertz CT molecular complexity index is 1020. The number of benzene rings is 2. The van der Waals surface area contributed by atoms with Gasteiger partial charge in [-0.3, -0.25) is 4.31 Å². The average Bonchev–Trinajstić information content (AvgIpc) is 2.80. The molecule has 1 heterocycles. The Balaban J connectivity index is 2.16. The number of aryl methyl sites for hydroxylation is 1. The van der Waals surface area contributed by atoms with Gasteiger partial charge in [-0.15, -0.1) is 0 Å². The maximum atomic E-state index is 13.3. The summed E-state index contributed by atoms with van der Waals surface area (Å²) in [5.74, 6) is -0.927. The minimum Gasteiger partial charge on any atom is -0.390 e. The molecule has 0 spiro atoms. The molecule has 140 valence electrons. The van der Waals surface area contributed by atoms with Crippen LogP contribution in [-0.4, -0.2) is 45.6 Å². The summed E-state index contributed by atoms with van der Waals surface area (Å²) in [5.41, 5.74) is 1.10. The number of hydrogen-bond donors (Lipinski definition) is 1. The molecule has 0 aliphatic carbocycles. The maximum Gasteiger partial charge on any atom is 0.264 e. The lowest BCUT2D eigenvalue weighted by Crippen LogP contribution is -2.47. The molecule has 1 fully saturated rings. The van der Waals surface area contributed by atoms with Crippen LogP contribution in [-0.2, 0) is 19.9 Å². The molecule has 1 N–H and O–H groups in total. The Morgan fingerprint density at radius 2 is 1.77 bits per heavy atom. The van der Waals surface area contributed by atoms with Crippen molar-refractivity contribution in [2.75, 3.05) is 15.8 Å². The van der Waals surface area contributed by atoms with E-state index in [1.54, 1.807) is 24.3 Å². The lowest BCUT2D eigenvalue weighted by molar-refractivity contribution is 0.184. The lowest BCUT2D eigenvalue weighted by atomic mass is 10.2. The van der Waals surface area contributed by atoms with Gasteiger partial charge in [-0.1, -0.05) is 35.4 Å². The minimum atomic E-state index is -4.10. The van der Waals surface area contributed by atoms with E-state index in [0.717, 1.165) is 9.87 Å². The predicted molar refractivity (Wildman–Crippen MR) is 101 cm³/mol. The van der Waals surface area contributed by atoms with Crippen molar-refractivity contribution < 1.29 is 21.9 Å². The molecule has 2 aromatic carbocycles. The summed E-state index contributed by atoms with van der Waals surface area (Å²) in [4.78, 5) is 0.0135. The highest BCUT2D eigenvalue weighted by atomic mass is 35.5. The molecule has 1 aliphatic heterocycles. The first-order chi connectivity index (χ1) is 12.1. The monoisotopic (exact) mass is 415 g/mol. The fraction of sp³-hybridized carbons (Fsp3) is 0.294. The molecule has 3 rings (SSSR count). The SMILES string of the molecule is Cc1ccc(S(=O)(=O)N(c2cccc(Cl)c2)C2CS(=O)(=O)CC2O)cc1. The van der Waals surface area contributed by atoms with E-state index in [4.69, 9.17) is 11.6 Å². The van der Waals surface area contributed by atoms with Crippen molar-refractivity contribution in [2.24, 2.45) is 0 Å². The normalized spacial score (nSPS) is 22.3. The molecule has 2 aromatic rings. The Kier molecular flexibility index (Phi) is 5.04. The summed E-state index contributed by atoms with van der Waals surface area (Å²) in [6.07, 6.45) is -1.32. The van der Waals surface area contributed by atoms with Crippen LogP contribution in [0.2, 0.25) is 5.02 Å². The first kappa shape index (κ1) is 19.2. The molecule has 9 heteroatoms. The van der Waals surface area contributed by atoms with Crippen LogP contribution in [0.1, 0.15) is 5.56 Å². The third kappa shape index (κ3) is 3.73. The fourth-order valence-corrected chi connectivity index (χ4v) is 6.70. The molecular weight excluding hydrogens is 398 g/mol. The van der Waals surface area contributed by atoms with Crippen molar-refractivity contribution in [3.05, 3.63) is 59.1 Å². The molecule has 0 amide bonds. The van der Waals surface area contributed by atoms with Gasteiger partial charge in [0.1, 0.15) is 0 Å². The molecule has 0 saturated carbocycles. The van der Waals surface area contributed by atoms with Crippen LogP contribution in [0.3, 0.4) is 0 Å². The summed E-state index contributed by atoms with van der Waals surface area (Å²) in [5, 5.41) is 10.6. The Labute approximate surface area is 158 Å². The number of hydrogen-bond acceptors (Lipinski definition) is 5.